The van der Waals surface area contributed by atoms with Crippen LogP contribution in [0.25, 0.3) is 10.8 Å². The molecule has 23 heavy (non-hydrogen) atoms. The monoisotopic (exact) mass is 370 g/mol. The first kappa shape index (κ1) is 18.4. The molecule has 2 aromatic rings. The van der Waals surface area contributed by atoms with Crippen molar-refractivity contribution in [3.8, 4) is 0 Å². The summed E-state index contributed by atoms with van der Waals surface area (Å²) in [4.78, 5) is 13.2. The average Bonchev–Trinajstić information content (AvgIpc) is 3.35. The Hall–Kier alpha value is -0.940. The zero-order valence-corrected chi connectivity index (χ0v) is 15.0. The van der Waals surface area contributed by atoms with Gasteiger partial charge in [0, 0.05) is 27.9 Å². The van der Waals surface area contributed by atoms with Crippen molar-refractivity contribution in [1.82, 2.24) is 5.32 Å². The molecule has 1 unspecified atom stereocenters. The fraction of sp³-hybridized carbons (Fsp3) is 0.353. The molecule has 3 nitrogen and oxygen atoms in total. The average molecular weight is 371 g/mol. The lowest BCUT2D eigenvalue weighted by molar-refractivity contribution is -0.119. The van der Waals surface area contributed by atoms with Gasteiger partial charge in [-0.15, -0.1) is 24.2 Å². The Morgan fingerprint density at radius 3 is 2.65 bits per heavy atom. The molecule has 0 aromatic heterocycles. The van der Waals surface area contributed by atoms with E-state index in [1.807, 2.05) is 36.4 Å². The van der Waals surface area contributed by atoms with E-state index < -0.39 is 0 Å². The van der Waals surface area contributed by atoms with Crippen LogP contribution in [0.3, 0.4) is 0 Å². The normalized spacial score (nSPS) is 15.0. The highest BCUT2D eigenvalue weighted by Crippen LogP contribution is 2.34. The highest BCUT2D eigenvalue weighted by molar-refractivity contribution is 8.00. The number of carbonyl (C=O) groups is 1. The van der Waals surface area contributed by atoms with E-state index in [2.05, 4.69) is 5.32 Å². The molecular weight excluding hydrogens is 351 g/mol. The molecule has 0 aliphatic heterocycles. The van der Waals surface area contributed by atoms with Crippen molar-refractivity contribution in [2.24, 2.45) is 11.7 Å². The summed E-state index contributed by atoms with van der Waals surface area (Å²) in [5.41, 5.74) is 5.72. The summed E-state index contributed by atoms with van der Waals surface area (Å²) in [7, 11) is 0. The molecule has 0 radical (unpaired) electrons. The number of benzene rings is 2. The van der Waals surface area contributed by atoms with E-state index in [1.54, 1.807) is 0 Å². The van der Waals surface area contributed by atoms with Crippen LogP contribution in [0.2, 0.25) is 5.02 Å². The molecular formula is C17H20Cl2N2OS. The molecule has 1 aliphatic carbocycles. The fourth-order valence-electron chi connectivity index (χ4n) is 2.64. The van der Waals surface area contributed by atoms with Gasteiger partial charge in [-0.25, -0.2) is 0 Å². The number of hydrogen-bond acceptors (Lipinski definition) is 3. The maximum absolute atomic E-state index is 12.1. The van der Waals surface area contributed by atoms with Crippen LogP contribution in [-0.2, 0) is 4.79 Å². The number of rotatable bonds is 6. The molecule has 1 saturated carbocycles. The van der Waals surface area contributed by atoms with Gasteiger partial charge in [-0.3, -0.25) is 4.79 Å². The number of halogens is 2. The summed E-state index contributed by atoms with van der Waals surface area (Å²) in [6, 6.07) is 12.0. The number of nitrogens with one attached hydrogen (secondary N) is 1. The zero-order valence-electron chi connectivity index (χ0n) is 12.6. The van der Waals surface area contributed by atoms with Crippen LogP contribution in [0.4, 0.5) is 0 Å². The van der Waals surface area contributed by atoms with Crippen molar-refractivity contribution >= 4 is 52.4 Å². The summed E-state index contributed by atoms with van der Waals surface area (Å²) in [6.07, 6.45) is 2.35. The maximum atomic E-state index is 12.1. The fourth-order valence-corrected chi connectivity index (χ4v) is 3.90. The van der Waals surface area contributed by atoms with Gasteiger partial charge in [-0.2, -0.15) is 0 Å². The minimum Gasteiger partial charge on any atom is -0.351 e. The number of amides is 1. The van der Waals surface area contributed by atoms with Crippen molar-refractivity contribution in [3.63, 3.8) is 0 Å². The van der Waals surface area contributed by atoms with Gasteiger partial charge in [-0.05, 0) is 36.3 Å². The molecule has 1 aliphatic rings. The lowest BCUT2D eigenvalue weighted by Gasteiger charge is -2.16. The standard InChI is InChI=1S/C17H19ClN2OS.ClH/c18-13-5-1-3-12-4-2-6-15(17(12)13)22-10-16(21)20-14(9-19)11-7-8-11;/h1-6,11,14H,7-10,19H2,(H,20,21);1H. The lowest BCUT2D eigenvalue weighted by atomic mass is 10.1. The molecule has 0 saturated heterocycles. The van der Waals surface area contributed by atoms with E-state index in [4.69, 9.17) is 17.3 Å². The van der Waals surface area contributed by atoms with Gasteiger partial charge in [-0.1, -0.05) is 35.9 Å². The largest absolute Gasteiger partial charge is 0.351 e. The van der Waals surface area contributed by atoms with Crippen molar-refractivity contribution < 1.29 is 4.79 Å². The smallest absolute Gasteiger partial charge is 0.230 e. The van der Waals surface area contributed by atoms with E-state index in [0.717, 1.165) is 20.7 Å². The quantitative estimate of drug-likeness (QED) is 0.759. The van der Waals surface area contributed by atoms with Crippen LogP contribution in [0.1, 0.15) is 12.8 Å². The third-order valence-electron chi connectivity index (χ3n) is 3.97. The van der Waals surface area contributed by atoms with E-state index >= 15 is 0 Å². The summed E-state index contributed by atoms with van der Waals surface area (Å²) < 4.78 is 0. The minimum atomic E-state index is 0. The van der Waals surface area contributed by atoms with Crippen LogP contribution < -0.4 is 11.1 Å². The Balaban J connectivity index is 0.00000192. The highest BCUT2D eigenvalue weighted by Gasteiger charge is 2.31. The molecule has 3 rings (SSSR count). The van der Waals surface area contributed by atoms with Crippen LogP contribution in [0.15, 0.2) is 41.3 Å². The van der Waals surface area contributed by atoms with Gasteiger partial charge in [0.1, 0.15) is 0 Å². The molecule has 0 spiro atoms. The second-order valence-electron chi connectivity index (χ2n) is 5.63. The molecule has 2 aromatic carbocycles. The van der Waals surface area contributed by atoms with Crippen molar-refractivity contribution in [3.05, 3.63) is 41.4 Å². The first-order valence-electron chi connectivity index (χ1n) is 7.48. The van der Waals surface area contributed by atoms with Crippen molar-refractivity contribution in [1.29, 1.82) is 0 Å². The third kappa shape index (κ3) is 4.54. The second kappa shape index (κ2) is 8.25. The van der Waals surface area contributed by atoms with Gasteiger partial charge in [0.15, 0.2) is 0 Å². The Morgan fingerprint density at radius 2 is 2.00 bits per heavy atom. The zero-order chi connectivity index (χ0) is 15.5. The minimum absolute atomic E-state index is 0. The van der Waals surface area contributed by atoms with Gasteiger partial charge < -0.3 is 11.1 Å². The summed E-state index contributed by atoms with van der Waals surface area (Å²) in [5, 5.41) is 5.87. The lowest BCUT2D eigenvalue weighted by Crippen LogP contribution is -2.42. The summed E-state index contributed by atoms with van der Waals surface area (Å²) in [6.45, 7) is 0.515. The summed E-state index contributed by atoms with van der Waals surface area (Å²) >= 11 is 7.82. The van der Waals surface area contributed by atoms with E-state index in [1.165, 1.54) is 24.6 Å². The molecule has 0 heterocycles. The second-order valence-corrected chi connectivity index (χ2v) is 7.05. The van der Waals surface area contributed by atoms with Gasteiger partial charge in [0.25, 0.3) is 0 Å². The molecule has 0 bridgehead atoms. The van der Waals surface area contributed by atoms with Gasteiger partial charge in [0.05, 0.1) is 5.75 Å². The van der Waals surface area contributed by atoms with Crippen molar-refractivity contribution in [2.45, 2.75) is 23.8 Å². The predicted octanol–water partition coefficient (Wildman–Crippen LogP) is 3.86. The Morgan fingerprint density at radius 1 is 1.30 bits per heavy atom. The number of carbonyl (C=O) groups excluding carboxylic acids is 1. The molecule has 1 fully saturated rings. The van der Waals surface area contributed by atoms with Crippen LogP contribution in [-0.4, -0.2) is 24.2 Å². The molecule has 1 atom stereocenters. The Bertz CT molecular complexity index is 686. The summed E-state index contributed by atoms with van der Waals surface area (Å²) in [5.74, 6) is 0.996. The number of hydrogen-bond donors (Lipinski definition) is 2. The van der Waals surface area contributed by atoms with E-state index in [-0.39, 0.29) is 24.4 Å². The van der Waals surface area contributed by atoms with E-state index in [9.17, 15) is 4.79 Å². The first-order valence-corrected chi connectivity index (χ1v) is 8.85. The van der Waals surface area contributed by atoms with Crippen LogP contribution in [0, 0.1) is 5.92 Å². The molecule has 124 valence electrons. The maximum Gasteiger partial charge on any atom is 0.230 e. The molecule has 1 amide bonds. The van der Waals surface area contributed by atoms with Crippen LogP contribution >= 0.6 is 35.8 Å². The SMILES string of the molecule is Cl.NCC(NC(=O)CSc1cccc2cccc(Cl)c12)C1CC1. The van der Waals surface area contributed by atoms with Gasteiger partial charge in [0.2, 0.25) is 5.91 Å². The van der Waals surface area contributed by atoms with Crippen molar-refractivity contribution in [2.75, 3.05) is 12.3 Å². The molecule has 3 N–H and O–H groups in total. The van der Waals surface area contributed by atoms with E-state index in [0.29, 0.717) is 18.2 Å². The third-order valence-corrected chi connectivity index (χ3v) is 5.34. The number of nitrogens with two attached hydrogens (primary N) is 1. The molecule has 6 heteroatoms. The van der Waals surface area contributed by atoms with Gasteiger partial charge >= 0.3 is 0 Å². The van der Waals surface area contributed by atoms with Crippen LogP contribution in [0.5, 0.6) is 0 Å². The number of fused-ring (bicyclic) bond motifs is 1. The predicted molar refractivity (Wildman–Crippen MR) is 101 cm³/mol. The number of thioether (sulfide) groups is 1. The Kier molecular flexibility index (Phi) is 6.60. The first-order chi connectivity index (χ1) is 10.7. The highest BCUT2D eigenvalue weighted by atomic mass is 35.5. The Labute approximate surface area is 151 Å². The topological polar surface area (TPSA) is 55.1 Å².